The SMILES string of the molecule is Cn1ccc(C(O)CC2CCCc3ccccc32)n1. The predicted octanol–water partition coefficient (Wildman–Crippen LogP) is 2.96. The Morgan fingerprint density at radius 3 is 3.00 bits per heavy atom. The number of fused-ring (bicyclic) bond motifs is 1. The van der Waals surface area contributed by atoms with Crippen molar-refractivity contribution >= 4 is 0 Å². The van der Waals surface area contributed by atoms with Gasteiger partial charge in [0, 0.05) is 13.2 Å². The Bertz CT molecular complexity index is 561. The number of hydrogen-bond donors (Lipinski definition) is 1. The van der Waals surface area contributed by atoms with Gasteiger partial charge in [-0.05, 0) is 48.8 Å². The summed E-state index contributed by atoms with van der Waals surface area (Å²) >= 11 is 0. The first-order valence-corrected chi connectivity index (χ1v) is 6.99. The van der Waals surface area contributed by atoms with Gasteiger partial charge in [0.2, 0.25) is 0 Å². The van der Waals surface area contributed by atoms with Crippen LogP contribution in [-0.4, -0.2) is 14.9 Å². The Hall–Kier alpha value is -1.61. The van der Waals surface area contributed by atoms with E-state index in [0.29, 0.717) is 5.92 Å². The standard InChI is InChI=1S/C16H20N2O/c1-18-10-9-15(17-18)16(19)11-13-7-4-6-12-5-2-3-8-14(12)13/h2-3,5,8-10,13,16,19H,4,6-7,11H2,1H3. The highest BCUT2D eigenvalue weighted by Crippen LogP contribution is 2.37. The van der Waals surface area contributed by atoms with E-state index in [-0.39, 0.29) is 0 Å². The van der Waals surface area contributed by atoms with E-state index in [1.54, 1.807) is 4.68 Å². The zero-order valence-corrected chi connectivity index (χ0v) is 11.3. The molecule has 3 rings (SSSR count). The Labute approximate surface area is 113 Å². The fraction of sp³-hybridized carbons (Fsp3) is 0.438. The summed E-state index contributed by atoms with van der Waals surface area (Å²) in [4.78, 5) is 0. The molecular weight excluding hydrogens is 236 g/mol. The van der Waals surface area contributed by atoms with Gasteiger partial charge in [0.05, 0.1) is 11.8 Å². The van der Waals surface area contributed by atoms with Crippen LogP contribution in [0.4, 0.5) is 0 Å². The van der Waals surface area contributed by atoms with Crippen LogP contribution in [0, 0.1) is 0 Å². The first-order chi connectivity index (χ1) is 9.24. The summed E-state index contributed by atoms with van der Waals surface area (Å²) in [5.41, 5.74) is 3.65. The van der Waals surface area contributed by atoms with Gasteiger partial charge >= 0.3 is 0 Å². The monoisotopic (exact) mass is 256 g/mol. The number of aliphatic hydroxyl groups excluding tert-OH is 1. The molecule has 1 aromatic carbocycles. The fourth-order valence-corrected chi connectivity index (χ4v) is 3.10. The summed E-state index contributed by atoms with van der Waals surface area (Å²) < 4.78 is 1.74. The lowest BCUT2D eigenvalue weighted by Gasteiger charge is -2.26. The maximum Gasteiger partial charge on any atom is 0.0984 e. The summed E-state index contributed by atoms with van der Waals surface area (Å²) in [6, 6.07) is 10.5. The first kappa shape index (κ1) is 12.4. The minimum Gasteiger partial charge on any atom is -0.387 e. The highest BCUT2D eigenvalue weighted by Gasteiger charge is 2.23. The summed E-state index contributed by atoms with van der Waals surface area (Å²) in [5.74, 6) is 0.460. The molecule has 2 aromatic rings. The highest BCUT2D eigenvalue weighted by atomic mass is 16.3. The van der Waals surface area contributed by atoms with Crippen molar-refractivity contribution in [3.8, 4) is 0 Å². The van der Waals surface area contributed by atoms with Gasteiger partial charge in [0.15, 0.2) is 0 Å². The Balaban J connectivity index is 1.77. The topological polar surface area (TPSA) is 38.0 Å². The quantitative estimate of drug-likeness (QED) is 0.916. The van der Waals surface area contributed by atoms with Crippen molar-refractivity contribution in [3.05, 3.63) is 53.3 Å². The number of rotatable bonds is 3. The summed E-state index contributed by atoms with van der Waals surface area (Å²) in [7, 11) is 1.88. The third kappa shape index (κ3) is 2.56. The third-order valence-corrected chi connectivity index (χ3v) is 4.08. The van der Waals surface area contributed by atoms with E-state index in [1.807, 2.05) is 19.3 Å². The van der Waals surface area contributed by atoms with Gasteiger partial charge in [0.1, 0.15) is 0 Å². The van der Waals surface area contributed by atoms with E-state index in [1.165, 1.54) is 30.4 Å². The molecule has 2 unspecified atom stereocenters. The van der Waals surface area contributed by atoms with E-state index < -0.39 is 6.10 Å². The van der Waals surface area contributed by atoms with E-state index in [2.05, 4.69) is 29.4 Å². The fourth-order valence-electron chi connectivity index (χ4n) is 3.10. The summed E-state index contributed by atoms with van der Waals surface area (Å²) in [6.07, 6.45) is 5.75. The highest BCUT2D eigenvalue weighted by molar-refractivity contribution is 5.32. The molecule has 1 aliphatic carbocycles. The molecule has 0 aliphatic heterocycles. The number of nitrogens with zero attached hydrogens (tertiary/aromatic N) is 2. The molecule has 3 heteroatoms. The van der Waals surface area contributed by atoms with Crippen molar-refractivity contribution in [2.45, 2.75) is 37.7 Å². The molecule has 0 saturated heterocycles. The molecule has 0 spiro atoms. The van der Waals surface area contributed by atoms with E-state index in [0.717, 1.165) is 12.1 Å². The van der Waals surface area contributed by atoms with Crippen molar-refractivity contribution in [1.82, 2.24) is 9.78 Å². The van der Waals surface area contributed by atoms with Gasteiger partial charge < -0.3 is 5.11 Å². The van der Waals surface area contributed by atoms with E-state index >= 15 is 0 Å². The molecule has 100 valence electrons. The number of aryl methyl sites for hydroxylation is 2. The van der Waals surface area contributed by atoms with E-state index in [4.69, 9.17) is 0 Å². The molecule has 1 aliphatic rings. The smallest absolute Gasteiger partial charge is 0.0984 e. The maximum atomic E-state index is 10.3. The van der Waals surface area contributed by atoms with Gasteiger partial charge in [-0.3, -0.25) is 4.68 Å². The largest absolute Gasteiger partial charge is 0.387 e. The molecule has 1 heterocycles. The van der Waals surface area contributed by atoms with Gasteiger partial charge in [0.25, 0.3) is 0 Å². The summed E-state index contributed by atoms with van der Waals surface area (Å²) in [6.45, 7) is 0. The van der Waals surface area contributed by atoms with Gasteiger partial charge in [-0.25, -0.2) is 0 Å². The van der Waals surface area contributed by atoms with Crippen LogP contribution < -0.4 is 0 Å². The zero-order chi connectivity index (χ0) is 13.2. The van der Waals surface area contributed by atoms with Crippen LogP contribution in [-0.2, 0) is 13.5 Å². The predicted molar refractivity (Wildman–Crippen MR) is 74.9 cm³/mol. The zero-order valence-electron chi connectivity index (χ0n) is 11.3. The van der Waals surface area contributed by atoms with Crippen LogP contribution in [0.25, 0.3) is 0 Å². The van der Waals surface area contributed by atoms with Crippen molar-refractivity contribution in [2.75, 3.05) is 0 Å². The molecule has 19 heavy (non-hydrogen) atoms. The van der Waals surface area contributed by atoms with Crippen LogP contribution in [0.3, 0.4) is 0 Å². The Morgan fingerprint density at radius 2 is 2.21 bits per heavy atom. The van der Waals surface area contributed by atoms with Gasteiger partial charge in [-0.15, -0.1) is 0 Å². The molecule has 0 fully saturated rings. The van der Waals surface area contributed by atoms with Crippen LogP contribution in [0.2, 0.25) is 0 Å². The van der Waals surface area contributed by atoms with E-state index in [9.17, 15) is 5.11 Å². The lowest BCUT2D eigenvalue weighted by Crippen LogP contribution is -2.13. The molecule has 2 atom stereocenters. The van der Waals surface area contributed by atoms with Crippen LogP contribution in [0.1, 0.15) is 48.1 Å². The minimum absolute atomic E-state index is 0.460. The third-order valence-electron chi connectivity index (χ3n) is 4.08. The van der Waals surface area contributed by atoms with Crippen LogP contribution in [0.15, 0.2) is 36.5 Å². The minimum atomic E-state index is -0.461. The summed E-state index contributed by atoms with van der Waals surface area (Å²) in [5, 5.41) is 14.6. The molecule has 3 nitrogen and oxygen atoms in total. The molecule has 0 radical (unpaired) electrons. The Kier molecular flexibility index (Phi) is 3.38. The molecule has 0 saturated carbocycles. The number of aliphatic hydroxyl groups is 1. The number of aromatic nitrogens is 2. The number of hydrogen-bond acceptors (Lipinski definition) is 2. The van der Waals surface area contributed by atoms with Crippen molar-refractivity contribution < 1.29 is 5.11 Å². The molecule has 0 bridgehead atoms. The molecule has 1 aromatic heterocycles. The second-order valence-electron chi connectivity index (χ2n) is 5.45. The lowest BCUT2D eigenvalue weighted by atomic mass is 9.80. The normalized spacial score (nSPS) is 20.0. The second kappa shape index (κ2) is 5.17. The second-order valence-corrected chi connectivity index (χ2v) is 5.45. The van der Waals surface area contributed by atoms with Crippen molar-refractivity contribution in [3.63, 3.8) is 0 Å². The lowest BCUT2D eigenvalue weighted by molar-refractivity contribution is 0.149. The Morgan fingerprint density at radius 1 is 1.37 bits per heavy atom. The average molecular weight is 256 g/mol. The maximum absolute atomic E-state index is 10.3. The molecule has 0 amide bonds. The average Bonchev–Trinajstić information content (AvgIpc) is 2.86. The van der Waals surface area contributed by atoms with Crippen LogP contribution >= 0.6 is 0 Å². The molecular formula is C16H20N2O. The van der Waals surface area contributed by atoms with Crippen molar-refractivity contribution in [1.29, 1.82) is 0 Å². The number of benzene rings is 1. The van der Waals surface area contributed by atoms with Crippen LogP contribution in [0.5, 0.6) is 0 Å². The van der Waals surface area contributed by atoms with Gasteiger partial charge in [-0.1, -0.05) is 24.3 Å². The van der Waals surface area contributed by atoms with Crippen molar-refractivity contribution in [2.24, 2.45) is 7.05 Å². The van der Waals surface area contributed by atoms with Gasteiger partial charge in [-0.2, -0.15) is 5.10 Å². The first-order valence-electron chi connectivity index (χ1n) is 6.99. The molecule has 1 N–H and O–H groups in total.